The molecule has 1 saturated heterocycles. The van der Waals surface area contributed by atoms with Crippen molar-refractivity contribution in [1.29, 1.82) is 0 Å². The summed E-state index contributed by atoms with van der Waals surface area (Å²) in [6.45, 7) is 4.34. The minimum atomic E-state index is -0.0478. The van der Waals surface area contributed by atoms with Crippen LogP contribution in [0.3, 0.4) is 0 Å². The van der Waals surface area contributed by atoms with Crippen LogP contribution >= 0.6 is 0 Å². The van der Waals surface area contributed by atoms with Gasteiger partial charge in [0.05, 0.1) is 6.61 Å². The zero-order valence-corrected chi connectivity index (χ0v) is 10.3. The zero-order chi connectivity index (χ0) is 12.1. The molecule has 1 fully saturated rings. The zero-order valence-electron chi connectivity index (χ0n) is 10.3. The van der Waals surface area contributed by atoms with E-state index in [9.17, 15) is 0 Å². The molecule has 1 aromatic rings. The highest BCUT2D eigenvalue weighted by atomic mass is 16.5. The number of aromatic nitrogens is 1. The van der Waals surface area contributed by atoms with Crippen LogP contribution in [-0.2, 0) is 4.74 Å². The maximum absolute atomic E-state index is 5.88. The van der Waals surface area contributed by atoms with Crippen molar-refractivity contribution in [3.8, 4) is 5.88 Å². The normalized spacial score (nSPS) is 18.9. The minimum absolute atomic E-state index is 0.0478. The van der Waals surface area contributed by atoms with Crippen molar-refractivity contribution in [2.24, 2.45) is 11.7 Å². The Labute approximate surface area is 102 Å². The summed E-state index contributed by atoms with van der Waals surface area (Å²) in [6.07, 6.45) is 3.88. The van der Waals surface area contributed by atoms with Crippen molar-refractivity contribution in [3.05, 3.63) is 23.9 Å². The van der Waals surface area contributed by atoms with Crippen LogP contribution < -0.4 is 10.5 Å². The lowest BCUT2D eigenvalue weighted by Gasteiger charge is -2.22. The summed E-state index contributed by atoms with van der Waals surface area (Å²) in [7, 11) is 0. The van der Waals surface area contributed by atoms with Crippen molar-refractivity contribution in [2.75, 3.05) is 19.8 Å². The molecule has 0 aromatic carbocycles. The number of rotatable bonds is 4. The van der Waals surface area contributed by atoms with Crippen molar-refractivity contribution < 1.29 is 9.47 Å². The molecule has 0 amide bonds. The average Bonchev–Trinajstić information content (AvgIpc) is 2.38. The molecule has 0 aliphatic carbocycles. The lowest BCUT2D eigenvalue weighted by Crippen LogP contribution is -2.22. The van der Waals surface area contributed by atoms with Crippen molar-refractivity contribution in [3.63, 3.8) is 0 Å². The topological polar surface area (TPSA) is 57.4 Å². The first-order chi connectivity index (χ1) is 8.27. The highest BCUT2D eigenvalue weighted by molar-refractivity contribution is 5.28. The molecule has 0 saturated carbocycles. The van der Waals surface area contributed by atoms with E-state index < -0.39 is 0 Å². The van der Waals surface area contributed by atoms with Gasteiger partial charge in [-0.15, -0.1) is 0 Å². The SMILES string of the molecule is CC(N)c1cccnc1OCC1CCOCC1. The molecule has 4 nitrogen and oxygen atoms in total. The molecule has 0 radical (unpaired) electrons. The monoisotopic (exact) mass is 236 g/mol. The third-order valence-corrected chi connectivity index (χ3v) is 3.09. The smallest absolute Gasteiger partial charge is 0.218 e. The molecule has 0 bridgehead atoms. The van der Waals surface area contributed by atoms with Gasteiger partial charge in [-0.3, -0.25) is 0 Å². The van der Waals surface area contributed by atoms with Crippen LogP contribution in [0.25, 0.3) is 0 Å². The summed E-state index contributed by atoms with van der Waals surface area (Å²) in [5.74, 6) is 1.25. The fraction of sp³-hybridized carbons (Fsp3) is 0.615. The van der Waals surface area contributed by atoms with Crippen LogP contribution in [-0.4, -0.2) is 24.8 Å². The van der Waals surface area contributed by atoms with E-state index in [2.05, 4.69) is 4.98 Å². The molecular weight excluding hydrogens is 216 g/mol. The summed E-state index contributed by atoms with van der Waals surface area (Å²) >= 11 is 0. The molecule has 4 heteroatoms. The quantitative estimate of drug-likeness (QED) is 0.867. The number of hydrogen-bond acceptors (Lipinski definition) is 4. The van der Waals surface area contributed by atoms with Gasteiger partial charge in [-0.05, 0) is 31.7 Å². The lowest BCUT2D eigenvalue weighted by molar-refractivity contribution is 0.0488. The first-order valence-electron chi connectivity index (χ1n) is 6.18. The summed E-state index contributed by atoms with van der Waals surface area (Å²) < 4.78 is 11.1. The average molecular weight is 236 g/mol. The molecule has 2 N–H and O–H groups in total. The Hall–Kier alpha value is -1.13. The van der Waals surface area contributed by atoms with E-state index >= 15 is 0 Å². The summed E-state index contributed by atoms with van der Waals surface area (Å²) in [5.41, 5.74) is 6.86. The number of pyridine rings is 1. The van der Waals surface area contributed by atoms with Crippen molar-refractivity contribution in [2.45, 2.75) is 25.8 Å². The van der Waals surface area contributed by atoms with Crippen LogP contribution in [0.2, 0.25) is 0 Å². The first-order valence-corrected chi connectivity index (χ1v) is 6.18. The molecule has 1 aliphatic heterocycles. The highest BCUT2D eigenvalue weighted by Crippen LogP contribution is 2.22. The number of nitrogens with zero attached hydrogens (tertiary/aromatic N) is 1. The molecule has 1 aliphatic rings. The predicted molar refractivity (Wildman–Crippen MR) is 65.9 cm³/mol. The Bertz CT molecular complexity index is 349. The Morgan fingerprint density at radius 1 is 1.53 bits per heavy atom. The van der Waals surface area contributed by atoms with Gasteiger partial charge in [0.2, 0.25) is 5.88 Å². The largest absolute Gasteiger partial charge is 0.477 e. The second-order valence-electron chi connectivity index (χ2n) is 4.55. The Kier molecular flexibility index (Phi) is 4.34. The molecular formula is C13H20N2O2. The van der Waals surface area contributed by atoms with Crippen LogP contribution in [0.5, 0.6) is 5.88 Å². The van der Waals surface area contributed by atoms with Crippen LogP contribution in [0.1, 0.15) is 31.4 Å². The first kappa shape index (κ1) is 12.3. The van der Waals surface area contributed by atoms with Gasteiger partial charge in [0.25, 0.3) is 0 Å². The van der Waals surface area contributed by atoms with Gasteiger partial charge in [-0.25, -0.2) is 4.98 Å². The fourth-order valence-corrected chi connectivity index (χ4v) is 1.98. The summed E-state index contributed by atoms with van der Waals surface area (Å²) in [5, 5.41) is 0. The van der Waals surface area contributed by atoms with E-state index in [1.54, 1.807) is 6.20 Å². The van der Waals surface area contributed by atoms with E-state index in [-0.39, 0.29) is 6.04 Å². The Balaban J connectivity index is 1.93. The van der Waals surface area contributed by atoms with Crippen LogP contribution in [0.4, 0.5) is 0 Å². The standard InChI is InChI=1S/C13H20N2O2/c1-10(14)12-3-2-6-15-13(12)17-9-11-4-7-16-8-5-11/h2-3,6,10-11H,4-5,7-9,14H2,1H3. The third-order valence-electron chi connectivity index (χ3n) is 3.09. The number of ether oxygens (including phenoxy) is 2. The molecule has 1 atom stereocenters. The molecule has 2 rings (SSSR count). The molecule has 17 heavy (non-hydrogen) atoms. The van der Waals surface area contributed by atoms with Gasteiger partial charge in [0.1, 0.15) is 0 Å². The van der Waals surface area contributed by atoms with Crippen LogP contribution in [0, 0.1) is 5.92 Å². The lowest BCUT2D eigenvalue weighted by atomic mass is 10.0. The maximum atomic E-state index is 5.88. The number of nitrogens with two attached hydrogens (primary N) is 1. The molecule has 1 unspecified atom stereocenters. The van der Waals surface area contributed by atoms with E-state index in [4.69, 9.17) is 15.2 Å². The van der Waals surface area contributed by atoms with Crippen molar-refractivity contribution >= 4 is 0 Å². The van der Waals surface area contributed by atoms with Crippen molar-refractivity contribution in [1.82, 2.24) is 4.98 Å². The second kappa shape index (κ2) is 5.98. The third kappa shape index (κ3) is 3.41. The van der Waals surface area contributed by atoms with Gasteiger partial charge in [-0.2, -0.15) is 0 Å². The fourth-order valence-electron chi connectivity index (χ4n) is 1.98. The van der Waals surface area contributed by atoms with Gasteiger partial charge in [0, 0.05) is 31.0 Å². The maximum Gasteiger partial charge on any atom is 0.218 e. The number of hydrogen-bond donors (Lipinski definition) is 1. The molecule has 1 aromatic heterocycles. The van der Waals surface area contributed by atoms with E-state index in [1.807, 2.05) is 19.1 Å². The van der Waals surface area contributed by atoms with Gasteiger partial charge in [-0.1, -0.05) is 6.07 Å². The van der Waals surface area contributed by atoms with E-state index in [0.29, 0.717) is 18.4 Å². The van der Waals surface area contributed by atoms with Gasteiger partial charge < -0.3 is 15.2 Å². The summed E-state index contributed by atoms with van der Waals surface area (Å²) in [4.78, 5) is 4.25. The highest BCUT2D eigenvalue weighted by Gasteiger charge is 2.16. The molecule has 94 valence electrons. The van der Waals surface area contributed by atoms with Gasteiger partial charge >= 0.3 is 0 Å². The van der Waals surface area contributed by atoms with Gasteiger partial charge in [0.15, 0.2) is 0 Å². The second-order valence-corrected chi connectivity index (χ2v) is 4.55. The molecule has 0 spiro atoms. The van der Waals surface area contributed by atoms with E-state index in [1.165, 1.54) is 0 Å². The molecule has 2 heterocycles. The predicted octanol–water partition coefficient (Wildman–Crippen LogP) is 1.91. The van der Waals surface area contributed by atoms with E-state index in [0.717, 1.165) is 31.6 Å². The summed E-state index contributed by atoms with van der Waals surface area (Å²) in [6, 6.07) is 3.81. The minimum Gasteiger partial charge on any atom is -0.477 e. The van der Waals surface area contributed by atoms with Crippen LogP contribution in [0.15, 0.2) is 18.3 Å². The Morgan fingerprint density at radius 3 is 3.00 bits per heavy atom. The Morgan fingerprint density at radius 2 is 2.29 bits per heavy atom.